The van der Waals surface area contributed by atoms with E-state index < -0.39 is 6.36 Å². The highest BCUT2D eigenvalue weighted by Crippen LogP contribution is 2.27. The Morgan fingerprint density at radius 2 is 1.95 bits per heavy atom. The van der Waals surface area contributed by atoms with Crippen molar-refractivity contribution in [1.82, 2.24) is 5.32 Å². The van der Waals surface area contributed by atoms with Crippen molar-refractivity contribution < 1.29 is 17.9 Å². The van der Waals surface area contributed by atoms with Gasteiger partial charge in [-0.1, -0.05) is 45.2 Å². The standard InChI is InChI=1S/C15H22F3NO/c1-3-5-6-10-14(19-4-2)12-8-7-9-13(11-12)20-15(16,17)18/h7-9,11,14,19H,3-6,10H2,1-2H3. The molecule has 114 valence electrons. The van der Waals surface area contributed by atoms with Crippen LogP contribution in [0.25, 0.3) is 0 Å². The Bertz CT molecular complexity index is 393. The lowest BCUT2D eigenvalue weighted by Crippen LogP contribution is -2.21. The summed E-state index contributed by atoms with van der Waals surface area (Å²) in [6, 6.07) is 6.30. The summed E-state index contributed by atoms with van der Waals surface area (Å²) in [4.78, 5) is 0. The molecule has 0 spiro atoms. The van der Waals surface area contributed by atoms with Crippen molar-refractivity contribution in [1.29, 1.82) is 0 Å². The highest BCUT2D eigenvalue weighted by atomic mass is 19.4. The average Bonchev–Trinajstić information content (AvgIpc) is 2.36. The van der Waals surface area contributed by atoms with E-state index >= 15 is 0 Å². The first-order chi connectivity index (χ1) is 9.46. The molecule has 0 amide bonds. The van der Waals surface area contributed by atoms with E-state index in [9.17, 15) is 13.2 Å². The number of alkyl halides is 3. The lowest BCUT2D eigenvalue weighted by Gasteiger charge is -2.19. The van der Waals surface area contributed by atoms with Gasteiger partial charge in [0.1, 0.15) is 5.75 Å². The van der Waals surface area contributed by atoms with Crippen LogP contribution < -0.4 is 10.1 Å². The van der Waals surface area contributed by atoms with Crippen LogP contribution in [0.3, 0.4) is 0 Å². The molecular weight excluding hydrogens is 267 g/mol. The van der Waals surface area contributed by atoms with Crippen molar-refractivity contribution >= 4 is 0 Å². The zero-order valence-corrected chi connectivity index (χ0v) is 12.0. The van der Waals surface area contributed by atoms with Crippen LogP contribution in [-0.2, 0) is 0 Å². The summed E-state index contributed by atoms with van der Waals surface area (Å²) in [5, 5.41) is 3.31. The molecule has 5 heteroatoms. The molecule has 1 aromatic rings. The Labute approximate surface area is 118 Å². The molecule has 1 atom stereocenters. The summed E-state index contributed by atoms with van der Waals surface area (Å²) in [6.45, 7) is 4.89. The maximum atomic E-state index is 12.2. The lowest BCUT2D eigenvalue weighted by atomic mass is 10.00. The number of hydrogen-bond donors (Lipinski definition) is 1. The molecule has 0 saturated heterocycles. The van der Waals surface area contributed by atoms with Crippen LogP contribution >= 0.6 is 0 Å². The van der Waals surface area contributed by atoms with Gasteiger partial charge < -0.3 is 10.1 Å². The van der Waals surface area contributed by atoms with Gasteiger partial charge >= 0.3 is 6.36 Å². The second-order valence-electron chi connectivity index (χ2n) is 4.73. The molecule has 0 aliphatic heterocycles. The van der Waals surface area contributed by atoms with E-state index in [2.05, 4.69) is 17.0 Å². The Morgan fingerprint density at radius 1 is 1.20 bits per heavy atom. The minimum Gasteiger partial charge on any atom is -0.406 e. The molecule has 2 nitrogen and oxygen atoms in total. The summed E-state index contributed by atoms with van der Waals surface area (Å²) in [6.07, 6.45) is -0.430. The quantitative estimate of drug-likeness (QED) is 0.693. The molecule has 1 rings (SSSR count). The molecule has 0 fully saturated rings. The van der Waals surface area contributed by atoms with Crippen molar-refractivity contribution in [3.8, 4) is 5.75 Å². The zero-order chi connectivity index (χ0) is 15.0. The number of rotatable bonds is 8. The molecule has 0 aromatic heterocycles. The van der Waals surface area contributed by atoms with E-state index in [0.717, 1.165) is 37.8 Å². The van der Waals surface area contributed by atoms with Gasteiger partial charge in [-0.25, -0.2) is 0 Å². The van der Waals surface area contributed by atoms with Crippen LogP contribution in [0.5, 0.6) is 5.75 Å². The molecular formula is C15H22F3NO. The zero-order valence-electron chi connectivity index (χ0n) is 12.0. The molecule has 1 aromatic carbocycles. The fourth-order valence-electron chi connectivity index (χ4n) is 2.16. The smallest absolute Gasteiger partial charge is 0.406 e. The second kappa shape index (κ2) is 8.15. The van der Waals surface area contributed by atoms with Gasteiger partial charge in [-0.05, 0) is 30.7 Å². The number of ether oxygens (including phenoxy) is 1. The van der Waals surface area contributed by atoms with Gasteiger partial charge in [0, 0.05) is 6.04 Å². The normalized spacial score (nSPS) is 13.2. The van der Waals surface area contributed by atoms with Gasteiger partial charge in [-0.2, -0.15) is 0 Å². The van der Waals surface area contributed by atoms with Crippen molar-refractivity contribution in [2.75, 3.05) is 6.54 Å². The topological polar surface area (TPSA) is 21.3 Å². The summed E-state index contributed by atoms with van der Waals surface area (Å²) in [7, 11) is 0. The van der Waals surface area contributed by atoms with Gasteiger partial charge in [0.25, 0.3) is 0 Å². The third kappa shape index (κ3) is 6.28. The first-order valence-electron chi connectivity index (χ1n) is 7.05. The van der Waals surface area contributed by atoms with Crippen LogP contribution in [0.2, 0.25) is 0 Å². The van der Waals surface area contributed by atoms with E-state index in [-0.39, 0.29) is 11.8 Å². The van der Waals surface area contributed by atoms with E-state index in [1.807, 2.05) is 13.0 Å². The van der Waals surface area contributed by atoms with Gasteiger partial charge in [-0.3, -0.25) is 0 Å². The highest BCUT2D eigenvalue weighted by molar-refractivity contribution is 5.30. The van der Waals surface area contributed by atoms with Crippen molar-refractivity contribution in [3.63, 3.8) is 0 Å². The minimum absolute atomic E-state index is 0.0725. The van der Waals surface area contributed by atoms with E-state index in [1.54, 1.807) is 6.07 Å². The number of unbranched alkanes of at least 4 members (excludes halogenated alkanes) is 2. The summed E-state index contributed by atoms with van der Waals surface area (Å²) < 4.78 is 40.7. The Morgan fingerprint density at radius 3 is 2.55 bits per heavy atom. The maximum absolute atomic E-state index is 12.2. The molecule has 1 N–H and O–H groups in total. The summed E-state index contributed by atoms with van der Waals surface area (Å²) >= 11 is 0. The number of halogens is 3. The lowest BCUT2D eigenvalue weighted by molar-refractivity contribution is -0.274. The second-order valence-corrected chi connectivity index (χ2v) is 4.73. The predicted molar refractivity (Wildman–Crippen MR) is 73.7 cm³/mol. The van der Waals surface area contributed by atoms with E-state index in [1.165, 1.54) is 12.1 Å². The molecule has 0 aliphatic carbocycles. The summed E-state index contributed by atoms with van der Waals surface area (Å²) in [5.41, 5.74) is 0.838. The van der Waals surface area contributed by atoms with Crippen molar-refractivity contribution in [2.45, 2.75) is 51.9 Å². The molecule has 1 unspecified atom stereocenters. The van der Waals surface area contributed by atoms with Crippen LogP contribution in [-0.4, -0.2) is 12.9 Å². The third-order valence-electron chi connectivity index (χ3n) is 3.04. The van der Waals surface area contributed by atoms with Crippen molar-refractivity contribution in [2.24, 2.45) is 0 Å². The summed E-state index contributed by atoms with van der Waals surface area (Å²) in [5.74, 6) is -0.159. The van der Waals surface area contributed by atoms with Gasteiger partial charge in [0.15, 0.2) is 0 Å². The maximum Gasteiger partial charge on any atom is 0.573 e. The SMILES string of the molecule is CCCCCC(NCC)c1cccc(OC(F)(F)F)c1. The molecule has 0 radical (unpaired) electrons. The van der Waals surface area contributed by atoms with Crippen LogP contribution in [0.15, 0.2) is 24.3 Å². The Balaban J connectivity index is 2.76. The Kier molecular flexibility index (Phi) is 6.85. The number of hydrogen-bond acceptors (Lipinski definition) is 2. The number of benzene rings is 1. The molecule has 20 heavy (non-hydrogen) atoms. The van der Waals surface area contributed by atoms with E-state index in [0.29, 0.717) is 0 Å². The molecule has 0 saturated carbocycles. The molecule has 0 heterocycles. The van der Waals surface area contributed by atoms with Gasteiger partial charge in [0.2, 0.25) is 0 Å². The largest absolute Gasteiger partial charge is 0.573 e. The monoisotopic (exact) mass is 289 g/mol. The first kappa shape index (κ1) is 16.8. The van der Waals surface area contributed by atoms with Gasteiger partial charge in [-0.15, -0.1) is 13.2 Å². The molecule has 0 bridgehead atoms. The van der Waals surface area contributed by atoms with Crippen LogP contribution in [0.4, 0.5) is 13.2 Å². The minimum atomic E-state index is -4.64. The first-order valence-corrected chi connectivity index (χ1v) is 7.05. The fraction of sp³-hybridized carbons (Fsp3) is 0.600. The van der Waals surface area contributed by atoms with Crippen LogP contribution in [0.1, 0.15) is 51.1 Å². The predicted octanol–water partition coefficient (Wildman–Crippen LogP) is 4.82. The van der Waals surface area contributed by atoms with Crippen LogP contribution in [0, 0.1) is 0 Å². The fourth-order valence-corrected chi connectivity index (χ4v) is 2.16. The number of nitrogens with one attached hydrogen (secondary N) is 1. The average molecular weight is 289 g/mol. The van der Waals surface area contributed by atoms with Gasteiger partial charge in [0.05, 0.1) is 0 Å². The highest BCUT2D eigenvalue weighted by Gasteiger charge is 2.31. The third-order valence-corrected chi connectivity index (χ3v) is 3.04. The van der Waals surface area contributed by atoms with E-state index in [4.69, 9.17) is 0 Å². The molecule has 0 aliphatic rings. The Hall–Kier alpha value is -1.23. The van der Waals surface area contributed by atoms with Crippen molar-refractivity contribution in [3.05, 3.63) is 29.8 Å².